The van der Waals surface area contributed by atoms with E-state index in [9.17, 15) is 0 Å². The Labute approximate surface area is 449 Å². The van der Waals surface area contributed by atoms with E-state index in [0.29, 0.717) is 17.5 Å². The van der Waals surface area contributed by atoms with Gasteiger partial charge in [-0.3, -0.25) is 0 Å². The second-order valence-electron chi connectivity index (χ2n) is 18.8. The van der Waals surface area contributed by atoms with Crippen LogP contribution in [0.1, 0.15) is 18.2 Å². The van der Waals surface area contributed by atoms with Crippen LogP contribution in [0.25, 0.3) is 119 Å². The SMILES string of the molecule is C=C(\C=C/C=C\C=C/c1c(CC)n(-c2c(-c3ccccc3)cc(-c3nc(-c4ccc5c(c4)sc4ccccc45)nc(-c4ccc5c(c4)sc4ccccc45)n3)cc2-c2ccccc2)c2ccccc12)Nc1ccccc1. The number of nitrogens with one attached hydrogen (secondary N) is 1. The van der Waals surface area contributed by atoms with E-state index in [1.165, 1.54) is 57.0 Å². The van der Waals surface area contributed by atoms with Crippen LogP contribution in [0.4, 0.5) is 5.69 Å². The Balaban J connectivity index is 0.996. The maximum Gasteiger partial charge on any atom is 0.164 e. The first-order chi connectivity index (χ1) is 37.5. The fraction of sp³-hybridized carbons (Fsp3) is 0.0290. The third kappa shape index (κ3) is 8.81. The van der Waals surface area contributed by atoms with E-state index in [4.69, 9.17) is 15.0 Å². The van der Waals surface area contributed by atoms with Gasteiger partial charge in [-0.15, -0.1) is 22.7 Å². The Morgan fingerprint density at radius 2 is 0.934 bits per heavy atom. The van der Waals surface area contributed by atoms with Crippen molar-refractivity contribution in [2.45, 2.75) is 13.3 Å². The molecule has 9 aromatic carbocycles. The molecule has 0 amide bonds. The average molecular weight is 1010 g/mol. The van der Waals surface area contributed by atoms with Gasteiger partial charge in [0.05, 0.1) is 11.2 Å². The van der Waals surface area contributed by atoms with Crippen molar-refractivity contribution in [3.63, 3.8) is 0 Å². The van der Waals surface area contributed by atoms with Gasteiger partial charge in [0.25, 0.3) is 0 Å². The third-order valence-corrected chi connectivity index (χ3v) is 16.3. The van der Waals surface area contributed by atoms with Crippen molar-refractivity contribution in [1.82, 2.24) is 19.5 Å². The smallest absolute Gasteiger partial charge is 0.164 e. The predicted octanol–water partition coefficient (Wildman–Crippen LogP) is 19.2. The number of thiophene rings is 2. The molecule has 0 atom stereocenters. The molecule has 0 aliphatic rings. The third-order valence-electron chi connectivity index (χ3n) is 14.0. The highest BCUT2D eigenvalue weighted by Gasteiger charge is 2.25. The van der Waals surface area contributed by atoms with Crippen LogP contribution in [-0.2, 0) is 6.42 Å². The molecule has 4 aromatic heterocycles. The van der Waals surface area contributed by atoms with Crippen LogP contribution in [0.5, 0.6) is 0 Å². The summed E-state index contributed by atoms with van der Waals surface area (Å²) in [5.74, 6) is 1.86. The second-order valence-corrected chi connectivity index (χ2v) is 20.9. The monoisotopic (exact) mass is 1010 g/mol. The zero-order chi connectivity index (χ0) is 51.0. The highest BCUT2D eigenvalue weighted by atomic mass is 32.1. The van der Waals surface area contributed by atoms with Crippen molar-refractivity contribution in [2.24, 2.45) is 0 Å². The minimum absolute atomic E-state index is 0.603. The largest absolute Gasteiger partial charge is 0.356 e. The molecule has 0 saturated heterocycles. The fourth-order valence-corrected chi connectivity index (χ4v) is 12.8. The number of fused-ring (bicyclic) bond motifs is 7. The summed E-state index contributed by atoms with van der Waals surface area (Å²) in [4.78, 5) is 16.2. The van der Waals surface area contributed by atoms with E-state index < -0.39 is 0 Å². The Hall–Kier alpha value is -9.27. The lowest BCUT2D eigenvalue weighted by molar-refractivity contribution is 0.959. The molecule has 0 aliphatic carbocycles. The van der Waals surface area contributed by atoms with Crippen molar-refractivity contribution in [3.05, 3.63) is 266 Å². The molecule has 0 aliphatic heterocycles. The number of allylic oxidation sites excluding steroid dienone is 5. The van der Waals surface area contributed by atoms with Crippen molar-refractivity contribution < 1.29 is 0 Å². The number of aromatic nitrogens is 4. The number of nitrogens with zero attached hydrogens (tertiary/aromatic N) is 4. The van der Waals surface area contributed by atoms with Gasteiger partial charge in [0.1, 0.15) is 0 Å². The molecule has 4 heterocycles. The van der Waals surface area contributed by atoms with Gasteiger partial charge in [0, 0.05) is 96.2 Å². The Kier molecular flexibility index (Phi) is 12.4. The summed E-state index contributed by atoms with van der Waals surface area (Å²) >= 11 is 3.60. The standard InChI is InChI=1S/C69H49N5S2/c1-3-60-52(30-16-5-4-9-23-45(2)70-51-28-14-8-15-29-51)53-31-17-20-34-61(53)74(60)66-58(46-24-10-6-11-25-46)41-50(42-59(66)47-26-12-7-13-27-47)69-72-67(48-37-39-56-54-32-18-21-35-62(54)75-64(56)43-48)71-68(73-69)49-38-40-57-55-33-19-22-36-63(55)76-65(57)44-49/h4-44,70H,2-3H2,1H3/b5-4-,23-9-,30-16-. The number of anilines is 1. The molecule has 13 aromatic rings. The van der Waals surface area contributed by atoms with Crippen LogP contribution in [0, 0.1) is 0 Å². The van der Waals surface area contributed by atoms with Crippen molar-refractivity contribution in [1.29, 1.82) is 0 Å². The van der Waals surface area contributed by atoms with Crippen LogP contribution in [0.15, 0.2) is 255 Å². The lowest BCUT2D eigenvalue weighted by Gasteiger charge is -2.22. The van der Waals surface area contributed by atoms with E-state index in [2.05, 4.69) is 224 Å². The van der Waals surface area contributed by atoms with Gasteiger partial charge < -0.3 is 9.88 Å². The molecule has 0 unspecified atom stereocenters. The van der Waals surface area contributed by atoms with Crippen LogP contribution in [0.3, 0.4) is 0 Å². The predicted molar refractivity (Wildman–Crippen MR) is 326 cm³/mol. The summed E-state index contributed by atoms with van der Waals surface area (Å²) in [5, 5.41) is 9.51. The van der Waals surface area contributed by atoms with E-state index >= 15 is 0 Å². The van der Waals surface area contributed by atoms with Crippen molar-refractivity contribution in [2.75, 3.05) is 5.32 Å². The first-order valence-corrected chi connectivity index (χ1v) is 27.2. The van der Waals surface area contributed by atoms with Gasteiger partial charge >= 0.3 is 0 Å². The lowest BCUT2D eigenvalue weighted by Crippen LogP contribution is -2.06. The molecule has 0 saturated carbocycles. The lowest BCUT2D eigenvalue weighted by atomic mass is 9.92. The van der Waals surface area contributed by atoms with Crippen molar-refractivity contribution >= 4 is 85.7 Å². The summed E-state index contributed by atoms with van der Waals surface area (Å²) in [6.07, 6.45) is 13.3. The van der Waals surface area contributed by atoms with E-state index in [1.807, 2.05) is 48.6 Å². The molecule has 0 bridgehead atoms. The van der Waals surface area contributed by atoms with Gasteiger partial charge in [0.15, 0.2) is 17.5 Å². The summed E-state index contributed by atoms with van der Waals surface area (Å²) in [6, 6.07) is 75.5. The molecular formula is C69H49N5S2. The Bertz CT molecular complexity index is 4230. The normalized spacial score (nSPS) is 12.0. The van der Waals surface area contributed by atoms with Gasteiger partial charge in [-0.05, 0) is 78.2 Å². The van der Waals surface area contributed by atoms with Gasteiger partial charge in [-0.2, -0.15) is 0 Å². The molecule has 0 radical (unpaired) electrons. The second kappa shape index (κ2) is 20.2. The zero-order valence-electron chi connectivity index (χ0n) is 41.7. The van der Waals surface area contributed by atoms with Gasteiger partial charge in [0.2, 0.25) is 0 Å². The van der Waals surface area contributed by atoms with Crippen LogP contribution in [-0.4, -0.2) is 19.5 Å². The van der Waals surface area contributed by atoms with Gasteiger partial charge in [-0.25, -0.2) is 15.0 Å². The van der Waals surface area contributed by atoms with Crippen LogP contribution in [0.2, 0.25) is 0 Å². The highest BCUT2D eigenvalue weighted by Crippen LogP contribution is 2.44. The molecule has 76 heavy (non-hydrogen) atoms. The molecule has 362 valence electrons. The fourth-order valence-electron chi connectivity index (χ4n) is 10.5. The van der Waals surface area contributed by atoms with E-state index in [0.717, 1.165) is 68.0 Å². The molecule has 7 heteroatoms. The van der Waals surface area contributed by atoms with Crippen molar-refractivity contribution in [3.8, 4) is 62.1 Å². The average Bonchev–Trinajstić information content (AvgIpc) is 4.17. The number of hydrogen-bond donors (Lipinski definition) is 1. The molecule has 1 N–H and O–H groups in total. The molecule has 0 spiro atoms. The molecule has 0 fully saturated rings. The quantitative estimate of drug-likeness (QED) is 0.117. The number of rotatable bonds is 13. The minimum Gasteiger partial charge on any atom is -0.356 e. The maximum atomic E-state index is 5.45. The van der Waals surface area contributed by atoms with E-state index in [-0.39, 0.29) is 0 Å². The summed E-state index contributed by atoms with van der Waals surface area (Å²) < 4.78 is 7.41. The number of hydrogen-bond acceptors (Lipinski definition) is 6. The summed E-state index contributed by atoms with van der Waals surface area (Å²) in [6.45, 7) is 6.44. The molecule has 5 nitrogen and oxygen atoms in total. The van der Waals surface area contributed by atoms with Crippen LogP contribution >= 0.6 is 22.7 Å². The first kappa shape index (κ1) is 46.5. The maximum absolute atomic E-state index is 5.45. The number of benzene rings is 9. The first-order valence-electron chi connectivity index (χ1n) is 25.6. The Morgan fingerprint density at radius 3 is 1.50 bits per heavy atom. The highest BCUT2D eigenvalue weighted by molar-refractivity contribution is 7.26. The summed E-state index contributed by atoms with van der Waals surface area (Å²) in [5.41, 5.74) is 13.5. The summed E-state index contributed by atoms with van der Waals surface area (Å²) in [7, 11) is 0. The van der Waals surface area contributed by atoms with Gasteiger partial charge in [-0.1, -0.05) is 202 Å². The van der Waals surface area contributed by atoms with E-state index in [1.54, 1.807) is 22.7 Å². The molecular weight excluding hydrogens is 963 g/mol. The van der Waals surface area contributed by atoms with Crippen LogP contribution < -0.4 is 5.32 Å². The number of para-hydroxylation sites is 2. The minimum atomic E-state index is 0.603. The Morgan fingerprint density at radius 1 is 0.461 bits per heavy atom. The topological polar surface area (TPSA) is 55.6 Å². The zero-order valence-corrected chi connectivity index (χ0v) is 43.3. The molecule has 13 rings (SSSR count).